The van der Waals surface area contributed by atoms with Gasteiger partial charge in [-0.3, -0.25) is 14.9 Å². The van der Waals surface area contributed by atoms with Crippen molar-refractivity contribution in [1.29, 1.82) is 0 Å². The first-order valence-corrected chi connectivity index (χ1v) is 10.4. The zero-order chi connectivity index (χ0) is 22.1. The smallest absolute Gasteiger partial charge is 0.271 e. The molecule has 31 heavy (non-hydrogen) atoms. The standard InChI is InChI=1S/C23H22ClN3O4/c1-15-14-25(21-9-8-18(27(29)30)13-20(21)24)10-11-26(15)23(28)19-12-16(2)31-22(19)17-6-4-3-5-7-17/h3-9,12-13,15H,10-11,14H2,1-2H3/t15-/m1/s1. The highest BCUT2D eigenvalue weighted by molar-refractivity contribution is 6.33. The Balaban J connectivity index is 1.54. The summed E-state index contributed by atoms with van der Waals surface area (Å²) in [7, 11) is 0. The molecule has 7 nitrogen and oxygen atoms in total. The highest BCUT2D eigenvalue weighted by Gasteiger charge is 2.31. The molecule has 1 aromatic heterocycles. The first-order chi connectivity index (χ1) is 14.8. The second-order valence-corrected chi connectivity index (χ2v) is 8.06. The van der Waals surface area contributed by atoms with Crippen LogP contribution in [-0.4, -0.2) is 41.4 Å². The van der Waals surface area contributed by atoms with E-state index in [2.05, 4.69) is 4.90 Å². The lowest BCUT2D eigenvalue weighted by Crippen LogP contribution is -2.54. The Morgan fingerprint density at radius 2 is 1.90 bits per heavy atom. The number of nitro benzene ring substituents is 1. The van der Waals surface area contributed by atoms with E-state index in [0.717, 1.165) is 11.3 Å². The van der Waals surface area contributed by atoms with Crippen molar-refractivity contribution in [2.75, 3.05) is 24.5 Å². The minimum absolute atomic E-state index is 0.0422. The van der Waals surface area contributed by atoms with Gasteiger partial charge in [-0.1, -0.05) is 41.9 Å². The molecule has 160 valence electrons. The summed E-state index contributed by atoms with van der Waals surface area (Å²) < 4.78 is 5.85. The molecule has 0 bridgehead atoms. The number of nitrogens with zero attached hydrogens (tertiary/aromatic N) is 3. The van der Waals surface area contributed by atoms with Crippen LogP contribution in [0.25, 0.3) is 11.3 Å². The molecular formula is C23H22ClN3O4. The van der Waals surface area contributed by atoms with Crippen LogP contribution < -0.4 is 4.90 Å². The number of piperazine rings is 1. The molecule has 0 spiro atoms. The van der Waals surface area contributed by atoms with E-state index in [1.165, 1.54) is 12.1 Å². The third-order valence-electron chi connectivity index (χ3n) is 5.49. The molecule has 8 heteroatoms. The van der Waals surface area contributed by atoms with Crippen LogP contribution in [0, 0.1) is 17.0 Å². The van der Waals surface area contributed by atoms with E-state index in [9.17, 15) is 14.9 Å². The summed E-state index contributed by atoms with van der Waals surface area (Å²) in [5.74, 6) is 1.19. The zero-order valence-electron chi connectivity index (χ0n) is 17.2. The van der Waals surface area contributed by atoms with E-state index in [4.69, 9.17) is 16.0 Å². The molecule has 2 aromatic carbocycles. The molecule has 1 aliphatic heterocycles. The first kappa shape index (κ1) is 20.9. The van der Waals surface area contributed by atoms with Crippen molar-refractivity contribution in [1.82, 2.24) is 4.90 Å². The van der Waals surface area contributed by atoms with Gasteiger partial charge in [0.2, 0.25) is 0 Å². The number of amides is 1. The van der Waals surface area contributed by atoms with Gasteiger partial charge in [0.25, 0.3) is 11.6 Å². The fourth-order valence-corrected chi connectivity index (χ4v) is 4.27. The van der Waals surface area contributed by atoms with Gasteiger partial charge in [0.05, 0.1) is 21.2 Å². The van der Waals surface area contributed by atoms with Crippen LogP contribution in [0.5, 0.6) is 0 Å². The molecule has 0 unspecified atom stereocenters. The van der Waals surface area contributed by atoms with Crippen molar-refractivity contribution in [2.45, 2.75) is 19.9 Å². The lowest BCUT2D eigenvalue weighted by Gasteiger charge is -2.41. The van der Waals surface area contributed by atoms with E-state index in [-0.39, 0.29) is 17.6 Å². The molecular weight excluding hydrogens is 418 g/mol. The molecule has 0 aliphatic carbocycles. The molecule has 1 saturated heterocycles. The number of halogens is 1. The molecule has 0 radical (unpaired) electrons. The molecule has 0 N–H and O–H groups in total. The molecule has 1 aliphatic rings. The molecule has 3 aromatic rings. The maximum Gasteiger partial charge on any atom is 0.271 e. The van der Waals surface area contributed by atoms with E-state index < -0.39 is 4.92 Å². The van der Waals surface area contributed by atoms with Crippen LogP contribution in [0.2, 0.25) is 5.02 Å². The van der Waals surface area contributed by atoms with Crippen LogP contribution in [-0.2, 0) is 0 Å². The number of nitro groups is 1. The van der Waals surface area contributed by atoms with Crippen molar-refractivity contribution in [3.05, 3.63) is 81.1 Å². The SMILES string of the molecule is Cc1cc(C(=O)N2CCN(c3ccc([N+](=O)[O-])cc3Cl)C[C@H]2C)c(-c2ccccc2)o1. The van der Waals surface area contributed by atoms with Crippen molar-refractivity contribution < 1.29 is 14.1 Å². The fraction of sp³-hybridized carbons (Fsp3) is 0.261. The van der Waals surface area contributed by atoms with Crippen molar-refractivity contribution in [3.63, 3.8) is 0 Å². The highest BCUT2D eigenvalue weighted by atomic mass is 35.5. The monoisotopic (exact) mass is 439 g/mol. The Morgan fingerprint density at radius 3 is 2.55 bits per heavy atom. The van der Waals surface area contributed by atoms with E-state index in [0.29, 0.717) is 41.7 Å². The fourth-order valence-electron chi connectivity index (χ4n) is 3.98. The Labute approximate surface area is 185 Å². The van der Waals surface area contributed by atoms with Gasteiger partial charge in [0, 0.05) is 43.4 Å². The van der Waals surface area contributed by atoms with E-state index in [1.54, 1.807) is 12.1 Å². The number of benzene rings is 2. The Kier molecular flexibility index (Phi) is 5.69. The normalized spacial score (nSPS) is 16.4. The number of rotatable bonds is 4. The summed E-state index contributed by atoms with van der Waals surface area (Å²) >= 11 is 6.30. The van der Waals surface area contributed by atoms with Gasteiger partial charge in [0.1, 0.15) is 11.5 Å². The number of carbonyl (C=O) groups excluding carboxylic acids is 1. The van der Waals surface area contributed by atoms with Gasteiger partial charge < -0.3 is 14.2 Å². The highest BCUT2D eigenvalue weighted by Crippen LogP contribution is 2.33. The third kappa shape index (κ3) is 4.14. The summed E-state index contributed by atoms with van der Waals surface area (Å²) in [5.41, 5.74) is 2.11. The average Bonchev–Trinajstić information content (AvgIpc) is 3.15. The molecule has 1 amide bonds. The van der Waals surface area contributed by atoms with Gasteiger partial charge in [-0.15, -0.1) is 0 Å². The average molecular weight is 440 g/mol. The van der Waals surface area contributed by atoms with Crippen molar-refractivity contribution >= 4 is 28.9 Å². The number of anilines is 1. The molecule has 0 saturated carbocycles. The number of furan rings is 1. The van der Waals surface area contributed by atoms with Crippen molar-refractivity contribution in [2.24, 2.45) is 0 Å². The van der Waals surface area contributed by atoms with Crippen LogP contribution in [0.15, 0.2) is 59.0 Å². The third-order valence-corrected chi connectivity index (χ3v) is 5.80. The van der Waals surface area contributed by atoms with Crippen molar-refractivity contribution in [3.8, 4) is 11.3 Å². The second-order valence-electron chi connectivity index (χ2n) is 7.65. The lowest BCUT2D eigenvalue weighted by atomic mass is 10.1. The second kappa shape index (κ2) is 8.43. The maximum absolute atomic E-state index is 13.4. The van der Waals surface area contributed by atoms with Gasteiger partial charge in [-0.25, -0.2) is 0 Å². The number of hydrogen-bond donors (Lipinski definition) is 0. The minimum atomic E-state index is -0.466. The van der Waals surface area contributed by atoms with Gasteiger partial charge >= 0.3 is 0 Å². The Bertz CT molecular complexity index is 1130. The summed E-state index contributed by atoms with van der Waals surface area (Å²) in [5, 5.41) is 11.3. The first-order valence-electron chi connectivity index (χ1n) is 10.0. The summed E-state index contributed by atoms with van der Waals surface area (Å²) in [6.07, 6.45) is 0. The van der Waals surface area contributed by atoms with Gasteiger partial charge in [-0.2, -0.15) is 0 Å². The number of non-ortho nitro benzene ring substituents is 1. The maximum atomic E-state index is 13.4. The Hall–Kier alpha value is -3.32. The van der Waals surface area contributed by atoms with Crippen LogP contribution in [0.4, 0.5) is 11.4 Å². The predicted octanol–water partition coefficient (Wildman–Crippen LogP) is 5.17. The van der Waals surface area contributed by atoms with Crippen LogP contribution >= 0.6 is 11.6 Å². The zero-order valence-corrected chi connectivity index (χ0v) is 18.0. The summed E-state index contributed by atoms with van der Waals surface area (Å²) in [4.78, 5) is 27.8. The largest absolute Gasteiger partial charge is 0.461 e. The Morgan fingerprint density at radius 1 is 1.16 bits per heavy atom. The van der Waals surface area contributed by atoms with Crippen LogP contribution in [0.1, 0.15) is 23.0 Å². The number of carbonyl (C=O) groups is 1. The lowest BCUT2D eigenvalue weighted by molar-refractivity contribution is -0.384. The summed E-state index contributed by atoms with van der Waals surface area (Å²) in [6, 6.07) is 15.8. The predicted molar refractivity (Wildman–Crippen MR) is 120 cm³/mol. The topological polar surface area (TPSA) is 79.8 Å². The van der Waals surface area contributed by atoms with E-state index in [1.807, 2.05) is 49.1 Å². The van der Waals surface area contributed by atoms with Gasteiger partial charge in [0.15, 0.2) is 0 Å². The van der Waals surface area contributed by atoms with E-state index >= 15 is 0 Å². The number of aryl methyl sites for hydroxylation is 1. The molecule has 1 atom stereocenters. The summed E-state index contributed by atoms with van der Waals surface area (Å²) in [6.45, 7) is 5.47. The molecule has 2 heterocycles. The minimum Gasteiger partial charge on any atom is -0.461 e. The molecule has 1 fully saturated rings. The molecule has 4 rings (SSSR count). The van der Waals surface area contributed by atoms with Gasteiger partial charge in [-0.05, 0) is 26.0 Å². The quantitative estimate of drug-likeness (QED) is 0.414. The van der Waals surface area contributed by atoms with Crippen LogP contribution in [0.3, 0.4) is 0 Å². The number of hydrogen-bond acceptors (Lipinski definition) is 5.